The first-order chi connectivity index (χ1) is 4.30. The standard InChI is InChI=1S/C5H9N2OS/c6-5(8)4-3-7-1-2-9-4/h4H,1-3H2,(H2,6,8). The first-order valence-corrected chi connectivity index (χ1v) is 3.90. The summed E-state index contributed by atoms with van der Waals surface area (Å²) in [5.41, 5.74) is 5.05. The van der Waals surface area contributed by atoms with Crippen LogP contribution in [-0.4, -0.2) is 30.0 Å². The third-order valence-corrected chi connectivity index (χ3v) is 2.38. The molecule has 1 aliphatic rings. The summed E-state index contributed by atoms with van der Waals surface area (Å²) in [7, 11) is 0. The number of carbonyl (C=O) groups is 1. The van der Waals surface area contributed by atoms with Crippen molar-refractivity contribution in [3.63, 3.8) is 0 Å². The minimum absolute atomic E-state index is 0.0567. The van der Waals surface area contributed by atoms with Gasteiger partial charge in [-0.1, -0.05) is 0 Å². The Morgan fingerprint density at radius 2 is 2.56 bits per heavy atom. The topological polar surface area (TPSA) is 57.2 Å². The second kappa shape index (κ2) is 3.08. The normalized spacial score (nSPS) is 27.8. The van der Waals surface area contributed by atoms with E-state index in [1.165, 1.54) is 0 Å². The molecule has 4 heteroatoms. The highest BCUT2D eigenvalue weighted by molar-refractivity contribution is 8.00. The number of carbonyl (C=O) groups excluding carboxylic acids is 1. The molecule has 1 radical (unpaired) electrons. The van der Waals surface area contributed by atoms with Crippen LogP contribution in [0.15, 0.2) is 0 Å². The van der Waals surface area contributed by atoms with E-state index in [0.717, 1.165) is 12.3 Å². The Kier molecular flexibility index (Phi) is 2.36. The first kappa shape index (κ1) is 6.89. The predicted octanol–water partition coefficient (Wildman–Crippen LogP) is -0.809. The zero-order valence-corrected chi connectivity index (χ0v) is 5.86. The Balaban J connectivity index is 2.31. The van der Waals surface area contributed by atoms with Crippen molar-refractivity contribution in [3.05, 3.63) is 0 Å². The third-order valence-electron chi connectivity index (χ3n) is 1.18. The Morgan fingerprint density at radius 1 is 1.78 bits per heavy atom. The molecule has 0 aromatic carbocycles. The van der Waals surface area contributed by atoms with Gasteiger partial charge in [0.1, 0.15) is 0 Å². The fourth-order valence-electron chi connectivity index (χ4n) is 0.693. The van der Waals surface area contributed by atoms with Crippen molar-refractivity contribution in [2.24, 2.45) is 5.73 Å². The molecule has 3 nitrogen and oxygen atoms in total. The molecule has 9 heavy (non-hydrogen) atoms. The van der Waals surface area contributed by atoms with E-state index in [9.17, 15) is 4.79 Å². The number of nitrogens with two attached hydrogens (primary N) is 1. The molecular weight excluding hydrogens is 136 g/mol. The van der Waals surface area contributed by atoms with Crippen LogP contribution >= 0.6 is 11.8 Å². The molecule has 1 aliphatic heterocycles. The fourth-order valence-corrected chi connectivity index (χ4v) is 1.59. The minimum Gasteiger partial charge on any atom is -0.369 e. The maximum absolute atomic E-state index is 10.5. The minimum atomic E-state index is -0.233. The molecule has 1 saturated heterocycles. The number of hydrogen-bond donors (Lipinski definition) is 1. The number of nitrogens with zero attached hydrogens (tertiary/aromatic N) is 1. The highest BCUT2D eigenvalue weighted by Crippen LogP contribution is 2.12. The summed E-state index contributed by atoms with van der Waals surface area (Å²) in [4.78, 5) is 10.5. The molecule has 0 aliphatic carbocycles. The van der Waals surface area contributed by atoms with Crippen molar-refractivity contribution < 1.29 is 4.79 Å². The van der Waals surface area contributed by atoms with Crippen LogP contribution in [0.3, 0.4) is 0 Å². The van der Waals surface area contributed by atoms with Crippen molar-refractivity contribution in [2.75, 3.05) is 18.8 Å². The van der Waals surface area contributed by atoms with Crippen LogP contribution in [0.2, 0.25) is 0 Å². The van der Waals surface area contributed by atoms with Crippen molar-refractivity contribution in [1.29, 1.82) is 0 Å². The fraction of sp³-hybridized carbons (Fsp3) is 0.800. The zero-order valence-electron chi connectivity index (χ0n) is 5.04. The molecule has 0 spiro atoms. The molecule has 1 fully saturated rings. The lowest BCUT2D eigenvalue weighted by Crippen LogP contribution is -2.37. The van der Waals surface area contributed by atoms with E-state index in [4.69, 9.17) is 5.73 Å². The van der Waals surface area contributed by atoms with Gasteiger partial charge in [0.25, 0.3) is 0 Å². The van der Waals surface area contributed by atoms with Gasteiger partial charge in [0.05, 0.1) is 5.25 Å². The van der Waals surface area contributed by atoms with E-state index >= 15 is 0 Å². The Labute approximate surface area is 58.4 Å². The lowest BCUT2D eigenvalue weighted by atomic mass is 10.4. The molecule has 1 heterocycles. The van der Waals surface area contributed by atoms with Gasteiger partial charge < -0.3 is 5.73 Å². The Morgan fingerprint density at radius 3 is 2.89 bits per heavy atom. The summed E-state index contributed by atoms with van der Waals surface area (Å²) in [6.45, 7) is 1.48. The van der Waals surface area contributed by atoms with Crippen LogP contribution in [0, 0.1) is 0 Å². The van der Waals surface area contributed by atoms with Crippen LogP contribution in [0.5, 0.6) is 0 Å². The number of amides is 1. The monoisotopic (exact) mass is 145 g/mol. The molecule has 1 atom stereocenters. The summed E-state index contributed by atoms with van der Waals surface area (Å²) >= 11 is 1.60. The van der Waals surface area contributed by atoms with E-state index < -0.39 is 0 Å². The van der Waals surface area contributed by atoms with Crippen LogP contribution in [-0.2, 0) is 4.79 Å². The molecule has 1 amide bonds. The van der Waals surface area contributed by atoms with Gasteiger partial charge in [-0.15, -0.1) is 11.8 Å². The highest BCUT2D eigenvalue weighted by Gasteiger charge is 2.18. The number of thioether (sulfide) groups is 1. The highest BCUT2D eigenvalue weighted by atomic mass is 32.2. The maximum Gasteiger partial charge on any atom is 0.231 e. The summed E-state index contributed by atoms with van der Waals surface area (Å²) < 4.78 is 0. The van der Waals surface area contributed by atoms with Crippen molar-refractivity contribution >= 4 is 17.7 Å². The van der Waals surface area contributed by atoms with Gasteiger partial charge in [-0.05, 0) is 0 Å². The summed E-state index contributed by atoms with van der Waals surface area (Å²) in [5, 5.41) is 4.00. The van der Waals surface area contributed by atoms with Crippen LogP contribution in [0.1, 0.15) is 0 Å². The Hall–Kier alpha value is -0.220. The summed E-state index contributed by atoms with van der Waals surface area (Å²) in [6, 6.07) is 0. The molecular formula is C5H9N2OS. The molecule has 51 valence electrons. The lowest BCUT2D eigenvalue weighted by Gasteiger charge is -2.17. The molecule has 0 aromatic heterocycles. The number of primary amides is 1. The summed E-state index contributed by atoms with van der Waals surface area (Å²) in [6.07, 6.45) is 0. The second-order valence-corrected chi connectivity index (χ2v) is 3.20. The van der Waals surface area contributed by atoms with Crippen molar-refractivity contribution in [2.45, 2.75) is 5.25 Å². The van der Waals surface area contributed by atoms with Gasteiger partial charge in [-0.3, -0.25) is 4.79 Å². The summed E-state index contributed by atoms with van der Waals surface area (Å²) in [5.74, 6) is 0.705. The molecule has 1 rings (SSSR count). The quantitative estimate of drug-likeness (QED) is 0.524. The average molecular weight is 145 g/mol. The van der Waals surface area contributed by atoms with Crippen molar-refractivity contribution in [1.82, 2.24) is 5.32 Å². The molecule has 0 saturated carbocycles. The van der Waals surface area contributed by atoms with Crippen LogP contribution in [0.4, 0.5) is 0 Å². The molecule has 2 N–H and O–H groups in total. The van der Waals surface area contributed by atoms with E-state index in [1.807, 2.05) is 0 Å². The maximum atomic E-state index is 10.5. The van der Waals surface area contributed by atoms with Gasteiger partial charge in [0, 0.05) is 18.8 Å². The van der Waals surface area contributed by atoms with E-state index in [0.29, 0.717) is 6.54 Å². The van der Waals surface area contributed by atoms with Gasteiger partial charge in [0.15, 0.2) is 0 Å². The lowest BCUT2D eigenvalue weighted by molar-refractivity contribution is -0.117. The molecule has 0 bridgehead atoms. The van der Waals surface area contributed by atoms with Gasteiger partial charge in [0.2, 0.25) is 5.91 Å². The predicted molar refractivity (Wildman–Crippen MR) is 37.3 cm³/mol. The zero-order chi connectivity index (χ0) is 6.69. The first-order valence-electron chi connectivity index (χ1n) is 2.85. The number of hydrogen-bond acceptors (Lipinski definition) is 2. The van der Waals surface area contributed by atoms with E-state index in [1.54, 1.807) is 11.8 Å². The molecule has 0 aromatic rings. The second-order valence-electron chi connectivity index (χ2n) is 1.89. The van der Waals surface area contributed by atoms with Crippen molar-refractivity contribution in [3.8, 4) is 0 Å². The Bertz CT molecular complexity index is 112. The van der Waals surface area contributed by atoms with Gasteiger partial charge in [-0.25, -0.2) is 5.32 Å². The van der Waals surface area contributed by atoms with Crippen LogP contribution in [0.25, 0.3) is 0 Å². The largest absolute Gasteiger partial charge is 0.369 e. The SMILES string of the molecule is NC(=O)C1C[N]CCS1. The van der Waals surface area contributed by atoms with E-state index in [-0.39, 0.29) is 11.2 Å². The number of rotatable bonds is 1. The average Bonchev–Trinajstić information content (AvgIpc) is 1.90. The van der Waals surface area contributed by atoms with Crippen LogP contribution < -0.4 is 11.1 Å². The third kappa shape index (κ3) is 1.87. The van der Waals surface area contributed by atoms with E-state index in [2.05, 4.69) is 5.32 Å². The van der Waals surface area contributed by atoms with Gasteiger partial charge >= 0.3 is 0 Å². The van der Waals surface area contributed by atoms with Gasteiger partial charge in [-0.2, -0.15) is 0 Å². The molecule has 1 unspecified atom stereocenters. The smallest absolute Gasteiger partial charge is 0.231 e.